The first kappa shape index (κ1) is 24.3. The van der Waals surface area contributed by atoms with Crippen LogP contribution >= 0.6 is 39.5 Å². The first-order valence-corrected chi connectivity index (χ1v) is 13.5. The van der Waals surface area contributed by atoms with Gasteiger partial charge < -0.3 is 4.98 Å². The lowest BCUT2D eigenvalue weighted by Crippen LogP contribution is -2.52. The zero-order valence-corrected chi connectivity index (χ0v) is 21.8. The lowest BCUT2D eigenvalue weighted by atomic mass is 9.92. The highest BCUT2D eigenvalue weighted by Gasteiger charge is 2.32. The van der Waals surface area contributed by atoms with Gasteiger partial charge in [0.05, 0.1) is 21.4 Å². The van der Waals surface area contributed by atoms with Crippen LogP contribution in [-0.4, -0.2) is 57.6 Å². The van der Waals surface area contributed by atoms with Gasteiger partial charge in [-0.05, 0) is 71.1 Å². The van der Waals surface area contributed by atoms with Gasteiger partial charge in [-0.15, -0.1) is 0 Å². The number of nitrogens with one attached hydrogen (secondary N) is 1. The van der Waals surface area contributed by atoms with Gasteiger partial charge in [0.2, 0.25) is 0 Å². The molecule has 5 rings (SSSR count). The number of alkyl halides is 1. The molecular weight excluding hydrogens is 542 g/mol. The number of H-pyrrole nitrogens is 1. The molecule has 2 aromatic carbocycles. The van der Waals surface area contributed by atoms with Gasteiger partial charge in [0.25, 0.3) is 0 Å². The highest BCUT2D eigenvalue weighted by molar-refractivity contribution is 9.10. The van der Waals surface area contributed by atoms with Crippen LogP contribution in [0.2, 0.25) is 5.02 Å². The molecule has 9 heteroatoms. The molecule has 2 fully saturated rings. The van der Waals surface area contributed by atoms with Crippen LogP contribution in [0, 0.1) is 5.82 Å². The molecule has 1 N–H and O–H groups in total. The molecule has 0 spiro atoms. The molecular formula is C25H26BrClF2N4S. The second kappa shape index (κ2) is 10.7. The van der Waals surface area contributed by atoms with Gasteiger partial charge in [-0.3, -0.25) is 4.90 Å². The van der Waals surface area contributed by atoms with E-state index in [1.807, 2.05) is 24.3 Å². The lowest BCUT2D eigenvalue weighted by Gasteiger charge is -2.41. The maximum Gasteiger partial charge on any atom is 0.138 e. The maximum absolute atomic E-state index is 14.4. The molecule has 2 atom stereocenters. The average Bonchev–Trinajstić information content (AvgIpc) is 3.34. The van der Waals surface area contributed by atoms with Gasteiger partial charge in [-0.25, -0.2) is 18.1 Å². The molecule has 0 radical (unpaired) electrons. The van der Waals surface area contributed by atoms with Crippen molar-refractivity contribution in [3.63, 3.8) is 0 Å². The van der Waals surface area contributed by atoms with Crippen molar-refractivity contribution in [1.82, 2.24) is 19.2 Å². The number of nitrogens with zero attached hydrogens (tertiary/aromatic N) is 3. The quantitative estimate of drug-likeness (QED) is 0.331. The fraction of sp³-hybridized carbons (Fsp3) is 0.400. The number of piperazine rings is 1. The Morgan fingerprint density at radius 3 is 2.56 bits per heavy atom. The Kier molecular flexibility index (Phi) is 7.61. The number of hydrogen-bond donors (Lipinski definition) is 1. The predicted octanol–water partition coefficient (Wildman–Crippen LogP) is 7.20. The largest absolute Gasteiger partial charge is 0.338 e. The SMILES string of the molecule is Fc1cc(-c2cnc(-c3ccc(Cl)c(SN4CCN(C5CCCCC5F)CC4)c3)[nH]2)ccc1Br. The number of aromatic amines is 1. The van der Waals surface area contributed by atoms with Gasteiger partial charge >= 0.3 is 0 Å². The normalized spacial score (nSPS) is 22.2. The van der Waals surface area contributed by atoms with Crippen LogP contribution in [0.4, 0.5) is 8.78 Å². The van der Waals surface area contributed by atoms with Gasteiger partial charge in [0.15, 0.2) is 0 Å². The first-order valence-electron chi connectivity index (χ1n) is 11.6. The summed E-state index contributed by atoms with van der Waals surface area (Å²) in [5.41, 5.74) is 2.39. The van der Waals surface area contributed by atoms with Crippen LogP contribution in [0.3, 0.4) is 0 Å². The summed E-state index contributed by atoms with van der Waals surface area (Å²) in [5, 5.41) is 0.689. The Morgan fingerprint density at radius 2 is 1.79 bits per heavy atom. The Bertz CT molecular complexity index is 1150. The van der Waals surface area contributed by atoms with E-state index < -0.39 is 6.17 Å². The summed E-state index contributed by atoms with van der Waals surface area (Å²) in [4.78, 5) is 11.1. The van der Waals surface area contributed by atoms with E-state index >= 15 is 0 Å². The van der Waals surface area contributed by atoms with Gasteiger partial charge in [-0.2, -0.15) is 0 Å². The number of hydrogen-bond acceptors (Lipinski definition) is 4. The summed E-state index contributed by atoms with van der Waals surface area (Å²) in [6, 6.07) is 10.9. The molecule has 3 aromatic rings. The van der Waals surface area contributed by atoms with Crippen LogP contribution in [0.1, 0.15) is 25.7 Å². The van der Waals surface area contributed by atoms with Crippen molar-refractivity contribution in [2.24, 2.45) is 0 Å². The summed E-state index contributed by atoms with van der Waals surface area (Å²) >= 11 is 11.3. The summed E-state index contributed by atoms with van der Waals surface area (Å²) in [7, 11) is 0. The highest BCUT2D eigenvalue weighted by atomic mass is 79.9. The molecule has 34 heavy (non-hydrogen) atoms. The van der Waals surface area contributed by atoms with Crippen LogP contribution in [0.25, 0.3) is 22.6 Å². The highest BCUT2D eigenvalue weighted by Crippen LogP contribution is 2.35. The number of halogens is 4. The van der Waals surface area contributed by atoms with Gasteiger partial charge in [0, 0.05) is 48.2 Å². The predicted molar refractivity (Wildman–Crippen MR) is 138 cm³/mol. The van der Waals surface area contributed by atoms with E-state index in [0.717, 1.165) is 67.2 Å². The molecule has 4 nitrogen and oxygen atoms in total. The summed E-state index contributed by atoms with van der Waals surface area (Å²) in [6.07, 6.45) is 4.84. The fourth-order valence-electron chi connectivity index (χ4n) is 4.74. The minimum atomic E-state index is -0.689. The van der Waals surface area contributed by atoms with Crippen LogP contribution in [0.5, 0.6) is 0 Å². The van der Waals surface area contributed by atoms with Crippen molar-refractivity contribution in [3.8, 4) is 22.6 Å². The average molecular weight is 568 g/mol. The molecule has 1 aromatic heterocycles. The zero-order chi connectivity index (χ0) is 23.7. The van der Waals surface area contributed by atoms with E-state index in [1.54, 1.807) is 24.2 Å². The number of benzene rings is 2. The molecule has 2 unspecified atom stereocenters. The van der Waals surface area contributed by atoms with Crippen molar-refractivity contribution in [1.29, 1.82) is 0 Å². The Labute approximate surface area is 216 Å². The van der Waals surface area contributed by atoms with E-state index in [2.05, 4.69) is 35.1 Å². The van der Waals surface area contributed by atoms with Crippen molar-refractivity contribution >= 4 is 39.5 Å². The van der Waals surface area contributed by atoms with Crippen LogP contribution in [-0.2, 0) is 0 Å². The Balaban J connectivity index is 1.26. The Morgan fingerprint density at radius 1 is 1.03 bits per heavy atom. The lowest BCUT2D eigenvalue weighted by molar-refractivity contribution is 0.0540. The molecule has 1 aliphatic heterocycles. The van der Waals surface area contributed by atoms with Crippen molar-refractivity contribution in [2.45, 2.75) is 42.8 Å². The second-order valence-corrected chi connectivity index (χ2v) is 11.2. The van der Waals surface area contributed by atoms with Crippen molar-refractivity contribution < 1.29 is 8.78 Å². The standard InChI is InChI=1S/C25H26BrClF2N4S/c26-18-7-5-16(13-21(18)29)22-15-30-25(31-22)17-6-8-19(27)24(14-17)34-33-11-9-32(10-12-33)23-4-2-1-3-20(23)28/h5-8,13-15,20,23H,1-4,9-12H2,(H,30,31). The third kappa shape index (κ3) is 5.36. The Hall–Kier alpha value is -1.45. The number of aromatic nitrogens is 2. The molecule has 1 aliphatic carbocycles. The molecule has 0 bridgehead atoms. The molecule has 2 aliphatic rings. The molecule has 180 valence electrons. The fourth-order valence-corrected chi connectivity index (χ4v) is 6.17. The van der Waals surface area contributed by atoms with E-state index in [-0.39, 0.29) is 11.9 Å². The van der Waals surface area contributed by atoms with Crippen LogP contribution < -0.4 is 0 Å². The maximum atomic E-state index is 14.4. The zero-order valence-electron chi connectivity index (χ0n) is 18.6. The smallest absolute Gasteiger partial charge is 0.138 e. The molecule has 1 saturated heterocycles. The van der Waals surface area contributed by atoms with Crippen LogP contribution in [0.15, 0.2) is 52.0 Å². The van der Waals surface area contributed by atoms with E-state index in [0.29, 0.717) is 21.7 Å². The monoisotopic (exact) mass is 566 g/mol. The third-order valence-electron chi connectivity index (χ3n) is 6.63. The summed E-state index contributed by atoms with van der Waals surface area (Å²) in [6.45, 7) is 3.49. The minimum Gasteiger partial charge on any atom is -0.338 e. The topological polar surface area (TPSA) is 35.2 Å². The van der Waals surface area contributed by atoms with Gasteiger partial charge in [-0.1, -0.05) is 30.5 Å². The molecule has 0 amide bonds. The van der Waals surface area contributed by atoms with E-state index in [4.69, 9.17) is 11.6 Å². The minimum absolute atomic E-state index is 0.0835. The summed E-state index contributed by atoms with van der Waals surface area (Å²) < 4.78 is 31.0. The van der Waals surface area contributed by atoms with Gasteiger partial charge in [0.1, 0.15) is 17.8 Å². The van der Waals surface area contributed by atoms with E-state index in [1.165, 1.54) is 6.07 Å². The summed E-state index contributed by atoms with van der Waals surface area (Å²) in [5.74, 6) is 0.386. The third-order valence-corrected chi connectivity index (χ3v) is 8.87. The van der Waals surface area contributed by atoms with Crippen molar-refractivity contribution in [3.05, 3.63) is 57.9 Å². The number of imidazole rings is 1. The number of rotatable bonds is 5. The first-order chi connectivity index (χ1) is 16.5. The molecule has 1 saturated carbocycles. The van der Waals surface area contributed by atoms with Crippen molar-refractivity contribution in [2.75, 3.05) is 26.2 Å². The molecule has 2 heterocycles. The van der Waals surface area contributed by atoms with E-state index in [9.17, 15) is 8.78 Å². The second-order valence-electron chi connectivity index (χ2n) is 8.84.